The number of likely N-dealkylation sites (tertiary alicyclic amines) is 1. The molecule has 2 heterocycles. The van der Waals surface area contributed by atoms with Crippen LogP contribution < -0.4 is 4.72 Å². The maximum atomic E-state index is 12.3. The smallest absolute Gasteiger partial charge is 0.269 e. The first-order valence-corrected chi connectivity index (χ1v) is 11.2. The number of hydrogen-bond acceptors (Lipinski definition) is 6. The third-order valence-electron chi connectivity index (χ3n) is 4.99. The number of hydrogen-bond donors (Lipinski definition) is 1. The van der Waals surface area contributed by atoms with Gasteiger partial charge in [0.25, 0.3) is 5.69 Å². The number of thioether (sulfide) groups is 1. The summed E-state index contributed by atoms with van der Waals surface area (Å²) in [5.74, 6) is 2.81. The zero-order chi connectivity index (χ0) is 17.9. The number of benzene rings is 1. The first-order valence-electron chi connectivity index (χ1n) is 8.51. The summed E-state index contributed by atoms with van der Waals surface area (Å²) < 4.78 is 27.3. The largest absolute Gasteiger partial charge is 0.300 e. The molecule has 2 fully saturated rings. The average molecular weight is 386 g/mol. The standard InChI is InChI=1S/C16H23N3O4S2/c20-19(21)14-1-3-16(4-2-14)25(22,23)17-11-13-5-8-18(9-6-13)15-7-10-24-12-15/h1-4,13,15,17H,5-12H2. The summed E-state index contributed by atoms with van der Waals surface area (Å²) in [6.45, 7) is 2.50. The highest BCUT2D eigenvalue weighted by Crippen LogP contribution is 2.27. The third-order valence-corrected chi connectivity index (χ3v) is 7.58. The molecule has 2 aliphatic heterocycles. The molecule has 0 spiro atoms. The van der Waals surface area contributed by atoms with Crippen LogP contribution in [0.1, 0.15) is 19.3 Å². The van der Waals surface area contributed by atoms with Crippen LogP contribution in [-0.4, -0.2) is 55.4 Å². The zero-order valence-corrected chi connectivity index (χ0v) is 15.6. The van der Waals surface area contributed by atoms with Gasteiger partial charge in [0.15, 0.2) is 0 Å². The predicted molar refractivity (Wildman–Crippen MR) is 98.3 cm³/mol. The molecule has 3 rings (SSSR count). The Bertz CT molecular complexity index is 695. The lowest BCUT2D eigenvalue weighted by Gasteiger charge is -2.35. The molecule has 7 nitrogen and oxygen atoms in total. The maximum Gasteiger partial charge on any atom is 0.269 e. The highest BCUT2D eigenvalue weighted by atomic mass is 32.2. The Morgan fingerprint density at radius 1 is 1.20 bits per heavy atom. The van der Waals surface area contributed by atoms with Crippen molar-refractivity contribution in [1.29, 1.82) is 0 Å². The van der Waals surface area contributed by atoms with E-state index < -0.39 is 14.9 Å². The van der Waals surface area contributed by atoms with Crippen molar-refractivity contribution in [3.8, 4) is 0 Å². The van der Waals surface area contributed by atoms with E-state index in [4.69, 9.17) is 0 Å². The molecule has 25 heavy (non-hydrogen) atoms. The maximum absolute atomic E-state index is 12.3. The molecule has 1 unspecified atom stereocenters. The fourth-order valence-corrected chi connectivity index (χ4v) is 5.76. The van der Waals surface area contributed by atoms with Crippen LogP contribution >= 0.6 is 11.8 Å². The van der Waals surface area contributed by atoms with Crippen LogP contribution in [-0.2, 0) is 10.0 Å². The molecular weight excluding hydrogens is 362 g/mol. The molecule has 1 atom stereocenters. The topological polar surface area (TPSA) is 92.5 Å². The van der Waals surface area contributed by atoms with Crippen molar-refractivity contribution >= 4 is 27.5 Å². The SMILES string of the molecule is O=[N+]([O-])c1ccc(S(=O)(=O)NCC2CCN(C3CCSC3)CC2)cc1. The molecule has 0 amide bonds. The minimum Gasteiger partial charge on any atom is -0.300 e. The molecular formula is C16H23N3O4S2. The fraction of sp³-hybridized carbons (Fsp3) is 0.625. The van der Waals surface area contributed by atoms with Crippen molar-refractivity contribution in [3.63, 3.8) is 0 Å². The van der Waals surface area contributed by atoms with Gasteiger partial charge in [-0.25, -0.2) is 13.1 Å². The molecule has 0 aromatic heterocycles. The molecule has 0 bridgehead atoms. The second kappa shape index (κ2) is 8.03. The molecule has 138 valence electrons. The Balaban J connectivity index is 1.50. The number of nitro benzene ring substituents is 1. The van der Waals surface area contributed by atoms with E-state index >= 15 is 0 Å². The number of nitrogens with zero attached hydrogens (tertiary/aromatic N) is 2. The summed E-state index contributed by atoms with van der Waals surface area (Å²) in [5.41, 5.74) is -0.114. The molecule has 1 aromatic rings. The molecule has 9 heteroatoms. The number of nitro groups is 1. The van der Waals surface area contributed by atoms with Gasteiger partial charge in [-0.1, -0.05) is 0 Å². The normalized spacial score (nSPS) is 23.0. The zero-order valence-electron chi connectivity index (χ0n) is 14.0. The molecule has 0 saturated carbocycles. The lowest BCUT2D eigenvalue weighted by atomic mass is 9.96. The van der Waals surface area contributed by atoms with E-state index in [1.165, 1.54) is 42.2 Å². The second-order valence-corrected chi connectivity index (χ2v) is 9.52. The van der Waals surface area contributed by atoms with Gasteiger partial charge >= 0.3 is 0 Å². The van der Waals surface area contributed by atoms with Crippen molar-refractivity contribution in [2.24, 2.45) is 5.92 Å². The molecule has 1 N–H and O–H groups in total. The van der Waals surface area contributed by atoms with E-state index in [2.05, 4.69) is 9.62 Å². The van der Waals surface area contributed by atoms with Crippen molar-refractivity contribution in [1.82, 2.24) is 9.62 Å². The van der Waals surface area contributed by atoms with E-state index in [1.807, 2.05) is 11.8 Å². The monoisotopic (exact) mass is 385 g/mol. The van der Waals surface area contributed by atoms with Crippen molar-refractivity contribution in [2.45, 2.75) is 30.2 Å². The van der Waals surface area contributed by atoms with Gasteiger partial charge in [-0.2, -0.15) is 11.8 Å². The first kappa shape index (κ1) is 18.6. The van der Waals surface area contributed by atoms with Crippen LogP contribution in [0.3, 0.4) is 0 Å². The number of nitrogens with one attached hydrogen (secondary N) is 1. The number of rotatable bonds is 6. The van der Waals surface area contributed by atoms with Crippen LogP contribution in [0.4, 0.5) is 5.69 Å². The van der Waals surface area contributed by atoms with E-state index in [0.29, 0.717) is 18.5 Å². The fourth-order valence-electron chi connectivity index (χ4n) is 3.39. The Labute approximate surface area is 152 Å². The average Bonchev–Trinajstić information content (AvgIpc) is 3.15. The number of piperidine rings is 1. The Hall–Kier alpha value is -1.16. The van der Waals surface area contributed by atoms with Gasteiger partial charge in [0.05, 0.1) is 9.82 Å². The van der Waals surface area contributed by atoms with Gasteiger partial charge < -0.3 is 0 Å². The van der Waals surface area contributed by atoms with Crippen molar-refractivity contribution < 1.29 is 13.3 Å². The summed E-state index contributed by atoms with van der Waals surface area (Å²) in [6, 6.07) is 5.68. The second-order valence-electron chi connectivity index (χ2n) is 6.60. The summed E-state index contributed by atoms with van der Waals surface area (Å²) in [4.78, 5) is 12.7. The Kier molecular flexibility index (Phi) is 5.98. The quantitative estimate of drug-likeness (QED) is 0.595. The molecule has 2 aliphatic rings. The summed E-state index contributed by atoms with van der Waals surface area (Å²) in [6.07, 6.45) is 3.27. The number of sulfonamides is 1. The lowest BCUT2D eigenvalue weighted by molar-refractivity contribution is -0.384. The van der Waals surface area contributed by atoms with Crippen molar-refractivity contribution in [2.75, 3.05) is 31.1 Å². The van der Waals surface area contributed by atoms with E-state index in [0.717, 1.165) is 25.9 Å². The summed E-state index contributed by atoms with van der Waals surface area (Å²) in [5, 5.41) is 10.7. The van der Waals surface area contributed by atoms with Gasteiger partial charge in [0, 0.05) is 30.5 Å². The highest BCUT2D eigenvalue weighted by Gasteiger charge is 2.28. The minimum atomic E-state index is -3.62. The third kappa shape index (κ3) is 4.72. The van der Waals surface area contributed by atoms with Crippen LogP contribution in [0, 0.1) is 16.0 Å². The summed E-state index contributed by atoms with van der Waals surface area (Å²) in [7, 11) is -3.62. The van der Waals surface area contributed by atoms with E-state index in [-0.39, 0.29) is 10.6 Å². The van der Waals surface area contributed by atoms with Gasteiger partial charge in [-0.15, -0.1) is 0 Å². The van der Waals surface area contributed by atoms with Crippen molar-refractivity contribution in [3.05, 3.63) is 34.4 Å². The van der Waals surface area contributed by atoms with Crippen LogP contribution in [0.2, 0.25) is 0 Å². The van der Waals surface area contributed by atoms with Gasteiger partial charge in [0.1, 0.15) is 0 Å². The molecule has 2 saturated heterocycles. The van der Waals surface area contributed by atoms with Crippen LogP contribution in [0.15, 0.2) is 29.2 Å². The molecule has 0 radical (unpaired) electrons. The van der Waals surface area contributed by atoms with Gasteiger partial charge in [-0.3, -0.25) is 15.0 Å². The molecule has 1 aromatic carbocycles. The number of non-ortho nitro benzene ring substituents is 1. The Morgan fingerprint density at radius 3 is 2.44 bits per heavy atom. The van der Waals surface area contributed by atoms with Crippen LogP contribution in [0.5, 0.6) is 0 Å². The van der Waals surface area contributed by atoms with E-state index in [9.17, 15) is 18.5 Å². The molecule has 0 aliphatic carbocycles. The first-order chi connectivity index (χ1) is 12.0. The summed E-state index contributed by atoms with van der Waals surface area (Å²) >= 11 is 2.02. The minimum absolute atomic E-state index is 0.0681. The van der Waals surface area contributed by atoms with Gasteiger partial charge in [0.2, 0.25) is 10.0 Å². The predicted octanol–water partition coefficient (Wildman–Crippen LogP) is 2.09. The van der Waals surface area contributed by atoms with Gasteiger partial charge in [-0.05, 0) is 56.2 Å². The highest BCUT2D eigenvalue weighted by molar-refractivity contribution is 7.99. The van der Waals surface area contributed by atoms with Crippen LogP contribution in [0.25, 0.3) is 0 Å². The van der Waals surface area contributed by atoms with E-state index in [1.54, 1.807) is 0 Å². The Morgan fingerprint density at radius 2 is 1.88 bits per heavy atom. The lowest BCUT2D eigenvalue weighted by Crippen LogP contribution is -2.43.